The van der Waals surface area contributed by atoms with Crippen LogP contribution in [0.25, 0.3) is 0 Å². The van der Waals surface area contributed by atoms with Crippen molar-refractivity contribution in [2.45, 2.75) is 24.4 Å². The Morgan fingerprint density at radius 3 is 2.32 bits per heavy atom. The highest BCUT2D eigenvalue weighted by atomic mass is 32.2. The number of carbonyl (C=O) groups excluding carboxylic acids is 2. The summed E-state index contributed by atoms with van der Waals surface area (Å²) < 4.78 is 10.7. The molecule has 4 rings (SSSR count). The molecule has 2 saturated heterocycles. The number of ether oxygens (including phenoxy) is 2. The van der Waals surface area contributed by atoms with Crippen molar-refractivity contribution in [3.63, 3.8) is 0 Å². The summed E-state index contributed by atoms with van der Waals surface area (Å²) in [6, 6.07) is 9.69. The van der Waals surface area contributed by atoms with Gasteiger partial charge in [0.2, 0.25) is 5.91 Å². The fourth-order valence-electron chi connectivity index (χ4n) is 4.00. The van der Waals surface area contributed by atoms with E-state index in [-0.39, 0.29) is 11.8 Å². The van der Waals surface area contributed by atoms with Crippen molar-refractivity contribution in [2.24, 2.45) is 0 Å². The van der Waals surface area contributed by atoms with Crippen LogP contribution in [0.15, 0.2) is 35.5 Å². The number of benzene rings is 1. The lowest BCUT2D eigenvalue weighted by molar-refractivity contribution is -0.130. The molecule has 3 heterocycles. The third kappa shape index (κ3) is 6.25. The van der Waals surface area contributed by atoms with Gasteiger partial charge >= 0.3 is 0 Å². The Hall–Kier alpha value is -2.69. The lowest BCUT2D eigenvalue weighted by atomic mass is 10.1. The lowest BCUT2D eigenvalue weighted by Gasteiger charge is -2.34. The Labute approximate surface area is 204 Å². The molecule has 0 saturated carbocycles. The van der Waals surface area contributed by atoms with Crippen LogP contribution >= 0.6 is 11.8 Å². The molecule has 2 aliphatic heterocycles. The number of hydrogen-bond donors (Lipinski definition) is 0. The van der Waals surface area contributed by atoms with Crippen LogP contribution in [0.5, 0.6) is 0 Å². The van der Waals surface area contributed by atoms with Gasteiger partial charge in [-0.1, -0.05) is 23.9 Å². The zero-order valence-corrected chi connectivity index (χ0v) is 20.6. The van der Waals surface area contributed by atoms with Gasteiger partial charge in [-0.15, -0.1) is 0 Å². The molecule has 0 spiro atoms. The van der Waals surface area contributed by atoms with E-state index in [1.165, 1.54) is 0 Å². The van der Waals surface area contributed by atoms with Crippen LogP contribution in [-0.2, 0) is 26.6 Å². The van der Waals surface area contributed by atoms with E-state index in [4.69, 9.17) is 14.5 Å². The number of rotatable bonds is 7. The Bertz CT molecular complexity index is 989. The molecule has 182 valence electrons. The van der Waals surface area contributed by atoms with E-state index in [1.807, 2.05) is 35.2 Å². The monoisotopic (exact) mass is 485 g/mol. The molecule has 0 aliphatic carbocycles. The predicted octanol–water partition coefficient (Wildman–Crippen LogP) is 2.06. The average Bonchev–Trinajstić information content (AvgIpc) is 2.88. The minimum atomic E-state index is 0.00755. The number of thioether (sulfide) groups is 1. The number of methoxy groups -OCH3 is 1. The largest absolute Gasteiger partial charge is 0.378 e. The first-order valence-corrected chi connectivity index (χ1v) is 12.5. The fourth-order valence-corrected chi connectivity index (χ4v) is 4.83. The molecule has 2 aliphatic rings. The molecule has 0 atom stereocenters. The van der Waals surface area contributed by atoms with E-state index in [9.17, 15) is 9.59 Å². The Morgan fingerprint density at radius 1 is 1.00 bits per heavy atom. The lowest BCUT2D eigenvalue weighted by Crippen LogP contribution is -2.50. The van der Waals surface area contributed by atoms with Gasteiger partial charge in [0.1, 0.15) is 5.82 Å². The Balaban J connectivity index is 1.37. The second-order valence-electron chi connectivity index (χ2n) is 8.32. The summed E-state index contributed by atoms with van der Waals surface area (Å²) in [5.74, 6) is 1.67. The maximum Gasteiger partial charge on any atom is 0.253 e. The number of hydrogen-bond acceptors (Lipinski definition) is 8. The molecule has 34 heavy (non-hydrogen) atoms. The summed E-state index contributed by atoms with van der Waals surface area (Å²) in [4.78, 5) is 39.5. The van der Waals surface area contributed by atoms with E-state index in [0.29, 0.717) is 62.5 Å². The van der Waals surface area contributed by atoms with Crippen LogP contribution in [-0.4, -0.2) is 91.2 Å². The SMILES string of the molecule is COCc1cc(N2CCOCC2)nc(SCc2ccc(C(=O)N3CCN(C(C)=O)CC3)cc2)n1. The summed E-state index contributed by atoms with van der Waals surface area (Å²) in [6.07, 6.45) is 0. The third-order valence-electron chi connectivity index (χ3n) is 5.95. The minimum Gasteiger partial charge on any atom is -0.378 e. The molecule has 0 N–H and O–H groups in total. The second kappa shape index (κ2) is 11.6. The maximum absolute atomic E-state index is 12.8. The zero-order valence-electron chi connectivity index (χ0n) is 19.7. The molecule has 2 aromatic rings. The number of nitrogens with zero attached hydrogens (tertiary/aromatic N) is 5. The van der Waals surface area contributed by atoms with Crippen LogP contribution in [0.1, 0.15) is 28.5 Å². The highest BCUT2D eigenvalue weighted by molar-refractivity contribution is 7.98. The molecular weight excluding hydrogens is 454 g/mol. The molecule has 2 amide bonds. The van der Waals surface area contributed by atoms with Crippen LogP contribution in [0.2, 0.25) is 0 Å². The van der Waals surface area contributed by atoms with Gasteiger partial charge in [0.25, 0.3) is 5.91 Å². The van der Waals surface area contributed by atoms with Gasteiger partial charge in [-0.2, -0.15) is 0 Å². The number of carbonyl (C=O) groups is 2. The number of piperazine rings is 1. The van der Waals surface area contributed by atoms with Crippen molar-refractivity contribution >= 4 is 29.4 Å². The maximum atomic E-state index is 12.8. The number of anilines is 1. The molecule has 0 bridgehead atoms. The fraction of sp³-hybridized carbons (Fsp3) is 0.500. The van der Waals surface area contributed by atoms with Crippen LogP contribution < -0.4 is 4.90 Å². The first kappa shape index (κ1) is 24.4. The first-order chi connectivity index (χ1) is 16.5. The van der Waals surface area contributed by atoms with E-state index in [0.717, 1.165) is 30.2 Å². The van der Waals surface area contributed by atoms with Crippen LogP contribution in [0, 0.1) is 0 Å². The Morgan fingerprint density at radius 2 is 1.68 bits per heavy atom. The summed E-state index contributed by atoms with van der Waals surface area (Å²) in [5.41, 5.74) is 2.61. The average molecular weight is 486 g/mol. The topological polar surface area (TPSA) is 88.1 Å². The van der Waals surface area contributed by atoms with E-state index < -0.39 is 0 Å². The van der Waals surface area contributed by atoms with Crippen LogP contribution in [0.3, 0.4) is 0 Å². The highest BCUT2D eigenvalue weighted by Crippen LogP contribution is 2.24. The van der Waals surface area contributed by atoms with Crippen molar-refractivity contribution in [3.8, 4) is 0 Å². The molecule has 1 aromatic carbocycles. The van der Waals surface area contributed by atoms with Gasteiger partial charge in [-0.25, -0.2) is 9.97 Å². The standard InChI is InChI=1S/C24H31N5O4S/c1-18(30)27-7-9-29(10-8-27)23(31)20-5-3-19(4-6-20)17-34-24-25-21(16-32-2)15-22(26-24)28-11-13-33-14-12-28/h3-6,15H,7-14,16-17H2,1-2H3. The predicted molar refractivity (Wildman–Crippen MR) is 130 cm³/mol. The minimum absolute atomic E-state index is 0.00755. The molecule has 2 fully saturated rings. The summed E-state index contributed by atoms with van der Waals surface area (Å²) in [6.45, 7) is 7.33. The molecule has 0 unspecified atom stereocenters. The molecular formula is C24H31N5O4S. The summed E-state index contributed by atoms with van der Waals surface area (Å²) >= 11 is 1.57. The van der Waals surface area contributed by atoms with Crippen LogP contribution in [0.4, 0.5) is 5.82 Å². The van der Waals surface area contributed by atoms with Crippen molar-refractivity contribution in [3.05, 3.63) is 47.2 Å². The third-order valence-corrected chi connectivity index (χ3v) is 6.87. The molecule has 9 nitrogen and oxygen atoms in total. The normalized spacial score (nSPS) is 16.6. The second-order valence-corrected chi connectivity index (χ2v) is 9.26. The van der Waals surface area contributed by atoms with Gasteiger partial charge in [0, 0.05) is 70.7 Å². The van der Waals surface area contributed by atoms with E-state index >= 15 is 0 Å². The first-order valence-electron chi connectivity index (χ1n) is 11.5. The number of aromatic nitrogens is 2. The van der Waals surface area contributed by atoms with E-state index in [1.54, 1.807) is 30.7 Å². The summed E-state index contributed by atoms with van der Waals surface area (Å²) in [7, 11) is 1.66. The zero-order chi connectivity index (χ0) is 23.9. The van der Waals surface area contributed by atoms with Gasteiger partial charge in [-0.3, -0.25) is 9.59 Å². The molecule has 10 heteroatoms. The van der Waals surface area contributed by atoms with Crippen molar-refractivity contribution in [2.75, 3.05) is 64.5 Å². The quantitative estimate of drug-likeness (QED) is 0.435. The van der Waals surface area contributed by atoms with Gasteiger partial charge in [0.15, 0.2) is 5.16 Å². The summed E-state index contributed by atoms with van der Waals surface area (Å²) in [5, 5.41) is 0.708. The highest BCUT2D eigenvalue weighted by Gasteiger charge is 2.23. The molecule has 0 radical (unpaired) electrons. The van der Waals surface area contributed by atoms with Crippen molar-refractivity contribution in [1.82, 2.24) is 19.8 Å². The smallest absolute Gasteiger partial charge is 0.253 e. The number of morpholine rings is 1. The van der Waals surface area contributed by atoms with Crippen molar-refractivity contribution in [1.29, 1.82) is 0 Å². The molecule has 1 aromatic heterocycles. The van der Waals surface area contributed by atoms with E-state index in [2.05, 4.69) is 9.88 Å². The van der Waals surface area contributed by atoms with Gasteiger partial charge < -0.3 is 24.2 Å². The van der Waals surface area contributed by atoms with Gasteiger partial charge in [0.05, 0.1) is 25.5 Å². The Kier molecular flexibility index (Phi) is 8.36. The van der Waals surface area contributed by atoms with Crippen molar-refractivity contribution < 1.29 is 19.1 Å². The number of amides is 2. The van der Waals surface area contributed by atoms with Gasteiger partial charge in [-0.05, 0) is 17.7 Å².